The van der Waals surface area contributed by atoms with Crippen molar-refractivity contribution in [2.45, 2.75) is 30.3 Å². The number of likely N-dealkylation sites (N-methyl/N-ethyl adjacent to an activating group) is 1. The third-order valence-electron chi connectivity index (χ3n) is 4.95. The highest BCUT2D eigenvalue weighted by Crippen LogP contribution is 2.53. The van der Waals surface area contributed by atoms with Gasteiger partial charge < -0.3 is 9.64 Å². The number of carbonyl (C=O) groups excluding carboxylic acids is 2. The highest BCUT2D eigenvalue weighted by Gasteiger charge is 2.54. The summed E-state index contributed by atoms with van der Waals surface area (Å²) in [6, 6.07) is 17.5. The maximum Gasteiger partial charge on any atom is 0.335 e. The molecule has 0 spiro atoms. The first kappa shape index (κ1) is 20.2. The number of nitrogens with zero attached hydrogens (tertiary/aromatic N) is 1. The van der Waals surface area contributed by atoms with E-state index < -0.39 is 10.7 Å². The van der Waals surface area contributed by atoms with Crippen molar-refractivity contribution in [1.82, 2.24) is 0 Å². The largest absolute Gasteiger partial charge is 0.462 e. The van der Waals surface area contributed by atoms with E-state index in [0.29, 0.717) is 12.4 Å². The van der Waals surface area contributed by atoms with E-state index >= 15 is 0 Å². The molecule has 0 saturated carbocycles. The minimum Gasteiger partial charge on any atom is -0.462 e. The van der Waals surface area contributed by atoms with Crippen LogP contribution in [0.25, 0.3) is 0 Å². The van der Waals surface area contributed by atoms with Crippen LogP contribution in [0.3, 0.4) is 0 Å². The number of rotatable bonds is 8. The number of fused-ring (bicyclic) bond motifs is 1. The van der Waals surface area contributed by atoms with E-state index in [1.54, 1.807) is 11.9 Å². The predicted molar refractivity (Wildman–Crippen MR) is 114 cm³/mol. The lowest BCUT2D eigenvalue weighted by Gasteiger charge is -2.29. The molecule has 0 radical (unpaired) electrons. The van der Waals surface area contributed by atoms with E-state index in [9.17, 15) is 9.59 Å². The van der Waals surface area contributed by atoms with Crippen molar-refractivity contribution in [2.24, 2.45) is 0 Å². The van der Waals surface area contributed by atoms with Crippen molar-refractivity contribution in [3.8, 4) is 0 Å². The van der Waals surface area contributed by atoms with Crippen LogP contribution in [0, 0.1) is 0 Å². The molecule has 28 heavy (non-hydrogen) atoms. The van der Waals surface area contributed by atoms with Crippen LogP contribution in [0.4, 0.5) is 5.69 Å². The lowest BCUT2D eigenvalue weighted by molar-refractivity contribution is -0.140. The molecule has 2 aromatic rings. The first-order valence-electron chi connectivity index (χ1n) is 9.44. The second-order valence-corrected chi connectivity index (χ2v) is 7.99. The molecular weight excluding hydrogens is 370 g/mol. The van der Waals surface area contributed by atoms with Crippen molar-refractivity contribution in [1.29, 1.82) is 0 Å². The third kappa shape index (κ3) is 3.59. The molecular formula is C23H25NO3S. The predicted octanol–water partition coefficient (Wildman–Crippen LogP) is 4.69. The number of para-hydroxylation sites is 1. The fourth-order valence-electron chi connectivity index (χ4n) is 3.35. The molecule has 0 bridgehead atoms. The number of ether oxygens (including phenoxy) is 1. The van der Waals surface area contributed by atoms with Gasteiger partial charge in [0.1, 0.15) is 0 Å². The van der Waals surface area contributed by atoms with Crippen LogP contribution < -0.4 is 4.90 Å². The number of amides is 1. The Morgan fingerprint density at radius 3 is 2.54 bits per heavy atom. The molecule has 0 saturated heterocycles. The minimum atomic E-state index is -1.18. The van der Waals surface area contributed by atoms with Gasteiger partial charge in [0.05, 0.1) is 12.2 Å². The highest BCUT2D eigenvalue weighted by atomic mass is 32.2. The summed E-state index contributed by atoms with van der Waals surface area (Å²) in [7, 11) is 1.74. The fourth-order valence-corrected chi connectivity index (χ4v) is 4.77. The Morgan fingerprint density at radius 1 is 1.14 bits per heavy atom. The lowest BCUT2D eigenvalue weighted by atomic mass is 9.92. The quantitative estimate of drug-likeness (QED) is 0.370. The summed E-state index contributed by atoms with van der Waals surface area (Å²) in [6.45, 7) is 6.41. The molecule has 1 amide bonds. The topological polar surface area (TPSA) is 46.6 Å². The Hall–Kier alpha value is -2.53. The molecule has 1 unspecified atom stereocenters. The van der Waals surface area contributed by atoms with Gasteiger partial charge in [-0.05, 0) is 18.1 Å². The number of carbonyl (C=O) groups is 2. The van der Waals surface area contributed by atoms with Crippen LogP contribution in [0.1, 0.15) is 30.9 Å². The van der Waals surface area contributed by atoms with Gasteiger partial charge in [0.15, 0.2) is 4.75 Å². The summed E-state index contributed by atoms with van der Waals surface area (Å²) in [5.41, 5.74) is 2.86. The Labute approximate surface area is 170 Å². The summed E-state index contributed by atoms with van der Waals surface area (Å²) in [5.74, 6) is -0.0877. The van der Waals surface area contributed by atoms with Gasteiger partial charge in [-0.25, -0.2) is 4.79 Å². The summed E-state index contributed by atoms with van der Waals surface area (Å²) >= 11 is 1.42. The van der Waals surface area contributed by atoms with Gasteiger partial charge in [-0.1, -0.05) is 68.5 Å². The zero-order chi connectivity index (χ0) is 20.1. The Bertz CT molecular complexity index is 880. The second kappa shape index (κ2) is 8.65. The van der Waals surface area contributed by atoms with Crippen LogP contribution in [-0.2, 0) is 24.8 Å². The number of hydrogen-bond donors (Lipinski definition) is 0. The number of benzene rings is 2. The van der Waals surface area contributed by atoms with Crippen LogP contribution >= 0.6 is 11.8 Å². The molecule has 2 aromatic carbocycles. The molecule has 1 aliphatic rings. The molecule has 3 rings (SSSR count). The van der Waals surface area contributed by atoms with E-state index in [1.807, 2.05) is 61.5 Å². The van der Waals surface area contributed by atoms with Crippen molar-refractivity contribution >= 4 is 29.3 Å². The molecule has 5 heteroatoms. The minimum absolute atomic E-state index is 0.160. The van der Waals surface area contributed by atoms with Gasteiger partial charge in [0.25, 0.3) is 5.91 Å². The Balaban J connectivity index is 1.98. The number of unbranched alkanes of at least 4 members (excludes halogenated alkanes) is 1. The van der Waals surface area contributed by atoms with Gasteiger partial charge in [-0.2, -0.15) is 0 Å². The Morgan fingerprint density at radius 2 is 1.82 bits per heavy atom. The first-order valence-corrected chi connectivity index (χ1v) is 10.4. The van der Waals surface area contributed by atoms with E-state index in [4.69, 9.17) is 4.74 Å². The zero-order valence-electron chi connectivity index (χ0n) is 16.3. The monoisotopic (exact) mass is 395 g/mol. The highest BCUT2D eigenvalue weighted by molar-refractivity contribution is 8.00. The van der Waals surface area contributed by atoms with Gasteiger partial charge in [0.2, 0.25) is 0 Å². The SMILES string of the molecule is C=C(C(=O)OCCCC)C1(SCc2ccccc2)C(=O)N(C)c2ccccc21. The molecule has 4 nitrogen and oxygen atoms in total. The van der Waals surface area contributed by atoms with E-state index in [-0.39, 0.29) is 11.5 Å². The van der Waals surface area contributed by atoms with E-state index in [1.165, 1.54) is 11.8 Å². The number of thioether (sulfide) groups is 1. The molecule has 146 valence electrons. The average molecular weight is 396 g/mol. The first-order chi connectivity index (χ1) is 13.5. The standard InChI is InChI=1S/C23H25NO3S/c1-4-5-15-27-21(25)17(2)23(28-16-18-11-7-6-8-12-18)19-13-9-10-14-20(19)24(3)22(23)26/h6-14H,2,4-5,15-16H2,1,3H3. The summed E-state index contributed by atoms with van der Waals surface area (Å²) in [4.78, 5) is 27.8. The van der Waals surface area contributed by atoms with E-state index in [0.717, 1.165) is 29.7 Å². The fraction of sp³-hybridized carbons (Fsp3) is 0.304. The number of hydrogen-bond acceptors (Lipinski definition) is 4. The summed E-state index contributed by atoms with van der Waals surface area (Å²) in [6.07, 6.45) is 1.71. The average Bonchev–Trinajstić information content (AvgIpc) is 2.95. The maximum absolute atomic E-state index is 13.4. The second-order valence-electron chi connectivity index (χ2n) is 6.80. The third-order valence-corrected chi connectivity index (χ3v) is 6.50. The van der Waals surface area contributed by atoms with Crippen LogP contribution in [-0.4, -0.2) is 25.5 Å². The smallest absolute Gasteiger partial charge is 0.335 e. The van der Waals surface area contributed by atoms with Crippen molar-refractivity contribution in [3.63, 3.8) is 0 Å². The molecule has 0 fully saturated rings. The zero-order valence-corrected chi connectivity index (χ0v) is 17.1. The summed E-state index contributed by atoms with van der Waals surface area (Å²) < 4.78 is 4.23. The summed E-state index contributed by atoms with van der Waals surface area (Å²) in [5, 5.41) is 0. The van der Waals surface area contributed by atoms with Gasteiger partial charge >= 0.3 is 5.97 Å². The Kier molecular flexibility index (Phi) is 6.25. The van der Waals surface area contributed by atoms with Crippen molar-refractivity contribution < 1.29 is 14.3 Å². The molecule has 0 N–H and O–H groups in total. The molecule has 0 aromatic heterocycles. The van der Waals surface area contributed by atoms with Crippen molar-refractivity contribution in [2.75, 3.05) is 18.6 Å². The van der Waals surface area contributed by atoms with E-state index in [2.05, 4.69) is 6.58 Å². The van der Waals surface area contributed by atoms with Crippen LogP contribution in [0.5, 0.6) is 0 Å². The van der Waals surface area contributed by atoms with Crippen LogP contribution in [0.2, 0.25) is 0 Å². The van der Waals surface area contributed by atoms with Crippen molar-refractivity contribution in [3.05, 3.63) is 77.9 Å². The van der Waals surface area contributed by atoms with Gasteiger partial charge in [0, 0.05) is 24.1 Å². The number of anilines is 1. The maximum atomic E-state index is 13.4. The van der Waals surface area contributed by atoms with Gasteiger partial charge in [-0.3, -0.25) is 4.79 Å². The number of esters is 1. The molecule has 1 heterocycles. The molecule has 0 aliphatic carbocycles. The molecule has 1 aliphatic heterocycles. The normalized spacial score (nSPS) is 18.1. The van der Waals surface area contributed by atoms with Gasteiger partial charge in [-0.15, -0.1) is 11.8 Å². The lowest BCUT2D eigenvalue weighted by Crippen LogP contribution is -2.40. The molecule has 1 atom stereocenters. The van der Waals surface area contributed by atoms with Crippen LogP contribution in [0.15, 0.2) is 66.7 Å².